The zero-order valence-electron chi connectivity index (χ0n) is 16.2. The van der Waals surface area contributed by atoms with Crippen molar-refractivity contribution in [3.8, 4) is 10.9 Å². The highest BCUT2D eigenvalue weighted by Crippen LogP contribution is 2.33. The fourth-order valence-electron chi connectivity index (χ4n) is 4.07. The number of aromatic nitrogens is 2. The third kappa shape index (κ3) is 3.24. The molecule has 6 rings (SSSR count). The second-order valence-electron chi connectivity index (χ2n) is 7.56. The summed E-state index contributed by atoms with van der Waals surface area (Å²) in [7, 11) is 0. The molecule has 1 aliphatic rings. The Bertz CT molecular complexity index is 1320. The topological polar surface area (TPSA) is 51.4 Å². The van der Waals surface area contributed by atoms with Crippen LogP contribution >= 0.6 is 11.3 Å². The van der Waals surface area contributed by atoms with Crippen LogP contribution in [0, 0.1) is 0 Å². The molecule has 5 nitrogen and oxygen atoms in total. The third-order valence-electron chi connectivity index (χ3n) is 5.58. The molecule has 3 aromatic heterocycles. The van der Waals surface area contributed by atoms with Gasteiger partial charge in [-0.25, -0.2) is 4.98 Å². The SMILES string of the molecule is c1ccc2c(c1)CCN(Cc1coc3cc(Oc4nc5ncccc5s4)ccc13)C2. The Balaban J connectivity index is 1.22. The Morgan fingerprint density at radius 3 is 2.93 bits per heavy atom. The lowest BCUT2D eigenvalue weighted by atomic mass is 9.99. The van der Waals surface area contributed by atoms with E-state index >= 15 is 0 Å². The Morgan fingerprint density at radius 2 is 2.00 bits per heavy atom. The van der Waals surface area contributed by atoms with E-state index in [4.69, 9.17) is 9.15 Å². The molecule has 0 saturated carbocycles. The molecule has 0 amide bonds. The molecule has 0 saturated heterocycles. The molecule has 2 aromatic carbocycles. The van der Waals surface area contributed by atoms with Gasteiger partial charge < -0.3 is 9.15 Å². The number of hydrogen-bond donors (Lipinski definition) is 0. The van der Waals surface area contributed by atoms with E-state index in [0.29, 0.717) is 16.6 Å². The minimum atomic E-state index is 0.585. The van der Waals surface area contributed by atoms with E-state index in [-0.39, 0.29) is 0 Å². The van der Waals surface area contributed by atoms with Gasteiger partial charge in [-0.3, -0.25) is 4.90 Å². The summed E-state index contributed by atoms with van der Waals surface area (Å²) in [5, 5.41) is 1.72. The van der Waals surface area contributed by atoms with Crippen LogP contribution < -0.4 is 4.74 Å². The van der Waals surface area contributed by atoms with Crippen molar-refractivity contribution in [2.45, 2.75) is 19.5 Å². The van der Waals surface area contributed by atoms with Gasteiger partial charge in [-0.05, 0) is 41.8 Å². The van der Waals surface area contributed by atoms with E-state index in [0.717, 1.165) is 41.7 Å². The summed E-state index contributed by atoms with van der Waals surface area (Å²) in [4.78, 5) is 11.2. The molecule has 0 radical (unpaired) electrons. The Morgan fingerprint density at radius 1 is 1.07 bits per heavy atom. The van der Waals surface area contributed by atoms with E-state index in [1.807, 2.05) is 30.5 Å². The summed E-state index contributed by atoms with van der Waals surface area (Å²) in [5.41, 5.74) is 5.65. The zero-order chi connectivity index (χ0) is 19.9. The number of nitrogens with zero attached hydrogens (tertiary/aromatic N) is 3. The van der Waals surface area contributed by atoms with E-state index in [9.17, 15) is 0 Å². The molecule has 5 aromatic rings. The van der Waals surface area contributed by atoms with Gasteiger partial charge >= 0.3 is 0 Å². The largest absolute Gasteiger partial charge is 0.464 e. The van der Waals surface area contributed by atoms with E-state index in [1.165, 1.54) is 28.0 Å². The first kappa shape index (κ1) is 17.6. The maximum atomic E-state index is 5.97. The summed E-state index contributed by atoms with van der Waals surface area (Å²) < 4.78 is 12.8. The number of thiazole rings is 1. The zero-order valence-corrected chi connectivity index (χ0v) is 17.1. The monoisotopic (exact) mass is 413 g/mol. The molecule has 0 fully saturated rings. The fourth-order valence-corrected chi connectivity index (χ4v) is 4.87. The molecular weight excluding hydrogens is 394 g/mol. The van der Waals surface area contributed by atoms with Crippen molar-refractivity contribution >= 4 is 32.7 Å². The van der Waals surface area contributed by atoms with Gasteiger partial charge in [0.1, 0.15) is 11.3 Å². The quantitative estimate of drug-likeness (QED) is 0.373. The molecule has 148 valence electrons. The maximum absolute atomic E-state index is 5.97. The predicted octanol–water partition coefficient (Wildman–Crippen LogP) is 5.79. The molecule has 0 N–H and O–H groups in total. The third-order valence-corrected chi connectivity index (χ3v) is 6.47. The van der Waals surface area contributed by atoms with Crippen molar-refractivity contribution < 1.29 is 9.15 Å². The lowest BCUT2D eigenvalue weighted by Crippen LogP contribution is -2.29. The van der Waals surface area contributed by atoms with Crippen molar-refractivity contribution in [2.75, 3.05) is 6.54 Å². The first-order valence-corrected chi connectivity index (χ1v) is 10.8. The lowest BCUT2D eigenvalue weighted by molar-refractivity contribution is 0.245. The van der Waals surface area contributed by atoms with Crippen LogP contribution in [0.1, 0.15) is 16.7 Å². The van der Waals surface area contributed by atoms with Gasteiger partial charge in [-0.15, -0.1) is 0 Å². The summed E-state index contributed by atoms with van der Waals surface area (Å²) in [6.07, 6.45) is 4.71. The average molecular weight is 414 g/mol. The molecule has 0 aliphatic carbocycles. The summed E-state index contributed by atoms with van der Waals surface area (Å²) in [5.74, 6) is 0.717. The number of fused-ring (bicyclic) bond motifs is 3. The Labute approximate surface area is 177 Å². The average Bonchev–Trinajstić information content (AvgIpc) is 3.37. The van der Waals surface area contributed by atoms with Crippen LogP contribution in [-0.4, -0.2) is 21.4 Å². The van der Waals surface area contributed by atoms with Gasteiger partial charge in [0.2, 0.25) is 0 Å². The number of rotatable bonds is 4. The smallest absolute Gasteiger partial charge is 0.281 e. The van der Waals surface area contributed by atoms with Gasteiger partial charge in [0, 0.05) is 42.8 Å². The summed E-state index contributed by atoms with van der Waals surface area (Å²) in [6, 6.07) is 18.6. The molecule has 6 heteroatoms. The van der Waals surface area contributed by atoms with Crippen LogP contribution in [0.4, 0.5) is 0 Å². The standard InChI is InChI=1S/C24H19N3O2S/c1-2-5-17-13-27(11-9-16(17)4-1)14-18-15-28-21-12-19(7-8-20(18)21)29-24-26-23-22(30-24)6-3-10-25-23/h1-8,10,12,15H,9,11,13-14H2. The van der Waals surface area contributed by atoms with Crippen LogP contribution in [0.15, 0.2) is 71.5 Å². The molecule has 4 heterocycles. The predicted molar refractivity (Wildman–Crippen MR) is 118 cm³/mol. The van der Waals surface area contributed by atoms with Crippen molar-refractivity contribution in [1.82, 2.24) is 14.9 Å². The minimum absolute atomic E-state index is 0.585. The second-order valence-corrected chi connectivity index (χ2v) is 8.55. The molecule has 30 heavy (non-hydrogen) atoms. The van der Waals surface area contributed by atoms with E-state index in [1.54, 1.807) is 6.20 Å². The van der Waals surface area contributed by atoms with Crippen molar-refractivity contribution in [1.29, 1.82) is 0 Å². The van der Waals surface area contributed by atoms with Gasteiger partial charge in [0.15, 0.2) is 5.65 Å². The highest BCUT2D eigenvalue weighted by molar-refractivity contribution is 7.20. The highest BCUT2D eigenvalue weighted by atomic mass is 32.1. The number of benzene rings is 2. The Kier molecular flexibility index (Phi) is 4.25. The first-order chi connectivity index (χ1) is 14.8. The van der Waals surface area contributed by atoms with Gasteiger partial charge in [-0.1, -0.05) is 35.6 Å². The summed E-state index contributed by atoms with van der Waals surface area (Å²) >= 11 is 1.49. The number of furan rings is 1. The van der Waals surface area contributed by atoms with Gasteiger partial charge in [-0.2, -0.15) is 4.98 Å². The van der Waals surface area contributed by atoms with Crippen molar-refractivity contribution in [2.24, 2.45) is 0 Å². The van der Waals surface area contributed by atoms with Gasteiger partial charge in [0.25, 0.3) is 5.19 Å². The number of pyridine rings is 1. The first-order valence-electron chi connectivity index (χ1n) is 10.0. The van der Waals surface area contributed by atoms with Crippen LogP contribution in [0.5, 0.6) is 10.9 Å². The normalized spacial score (nSPS) is 14.3. The fraction of sp³-hybridized carbons (Fsp3) is 0.167. The van der Waals surface area contributed by atoms with Gasteiger partial charge in [0.05, 0.1) is 11.0 Å². The maximum Gasteiger partial charge on any atom is 0.281 e. The lowest BCUT2D eigenvalue weighted by Gasteiger charge is -2.28. The molecule has 0 unspecified atom stereocenters. The highest BCUT2D eigenvalue weighted by Gasteiger charge is 2.18. The minimum Gasteiger partial charge on any atom is -0.464 e. The molecule has 1 aliphatic heterocycles. The van der Waals surface area contributed by atoms with Crippen LogP contribution in [0.2, 0.25) is 0 Å². The molecular formula is C24H19N3O2S. The van der Waals surface area contributed by atoms with Crippen LogP contribution in [-0.2, 0) is 19.5 Å². The van der Waals surface area contributed by atoms with Crippen molar-refractivity contribution in [3.05, 3.63) is 83.7 Å². The van der Waals surface area contributed by atoms with Crippen LogP contribution in [0.25, 0.3) is 21.3 Å². The molecule has 0 spiro atoms. The number of ether oxygens (including phenoxy) is 1. The molecule has 0 bridgehead atoms. The Hall–Kier alpha value is -3.22. The van der Waals surface area contributed by atoms with Crippen molar-refractivity contribution in [3.63, 3.8) is 0 Å². The van der Waals surface area contributed by atoms with E-state index in [2.05, 4.69) is 45.2 Å². The second kappa shape index (κ2) is 7.23. The van der Waals surface area contributed by atoms with E-state index < -0.39 is 0 Å². The number of hydrogen-bond acceptors (Lipinski definition) is 6. The molecule has 0 atom stereocenters. The van der Waals surface area contributed by atoms with Crippen LogP contribution in [0.3, 0.4) is 0 Å². The summed E-state index contributed by atoms with van der Waals surface area (Å²) in [6.45, 7) is 2.93.